The summed E-state index contributed by atoms with van der Waals surface area (Å²) in [4.78, 5) is 31.5. The lowest BCUT2D eigenvalue weighted by atomic mass is 10.0. The Kier molecular flexibility index (Phi) is 5.45. The minimum Gasteiger partial charge on any atom is -0.341 e. The normalized spacial score (nSPS) is 21.1. The van der Waals surface area contributed by atoms with Crippen LogP contribution in [-0.2, 0) is 22.4 Å². The Morgan fingerprint density at radius 3 is 2.79 bits per heavy atom. The van der Waals surface area contributed by atoms with Crippen molar-refractivity contribution in [3.8, 4) is 0 Å². The maximum Gasteiger partial charge on any atom is 0.274 e. The molecule has 8 heteroatoms. The molecule has 0 bridgehead atoms. The van der Waals surface area contributed by atoms with Crippen LogP contribution in [0.25, 0.3) is 5.70 Å². The van der Waals surface area contributed by atoms with E-state index in [-0.39, 0.29) is 23.6 Å². The molecule has 2 aromatic rings. The second-order valence-corrected chi connectivity index (χ2v) is 8.62. The molecule has 1 aromatic carbocycles. The fourth-order valence-electron chi connectivity index (χ4n) is 3.57. The highest BCUT2D eigenvalue weighted by atomic mass is 32.2. The molecule has 2 unspecified atom stereocenters. The summed E-state index contributed by atoms with van der Waals surface area (Å²) in [6.07, 6.45) is 1.92. The van der Waals surface area contributed by atoms with Gasteiger partial charge in [-0.05, 0) is 31.4 Å². The standard InChI is InChI=1S/C21H24N4O3S/c1-4-5-15-22-19(28-24-15)18-13(3)11-29-21-17(20(27)25(18)21)23-16(26)10-14-8-6-12(2)7-9-14/h6-9,17,21H,4-5,10-11H2,1-3H3,(H,23,26). The molecule has 3 heterocycles. The quantitative estimate of drug-likeness (QED) is 0.734. The van der Waals surface area contributed by atoms with Crippen LogP contribution >= 0.6 is 11.8 Å². The summed E-state index contributed by atoms with van der Waals surface area (Å²) in [5.74, 6) is 1.49. The van der Waals surface area contributed by atoms with E-state index in [0.29, 0.717) is 17.4 Å². The number of carbonyl (C=O) groups is 2. The number of aromatic nitrogens is 2. The third-order valence-electron chi connectivity index (χ3n) is 5.10. The van der Waals surface area contributed by atoms with Gasteiger partial charge in [-0.1, -0.05) is 41.9 Å². The Morgan fingerprint density at radius 1 is 1.31 bits per heavy atom. The molecule has 0 radical (unpaired) electrons. The fraction of sp³-hybridized carbons (Fsp3) is 0.429. The number of hydrogen-bond acceptors (Lipinski definition) is 6. The van der Waals surface area contributed by atoms with Gasteiger partial charge >= 0.3 is 0 Å². The van der Waals surface area contributed by atoms with Crippen LogP contribution in [0.2, 0.25) is 0 Å². The van der Waals surface area contributed by atoms with Crippen LogP contribution in [0.5, 0.6) is 0 Å². The van der Waals surface area contributed by atoms with Crippen molar-refractivity contribution in [3.63, 3.8) is 0 Å². The van der Waals surface area contributed by atoms with Crippen molar-refractivity contribution in [2.75, 3.05) is 5.75 Å². The van der Waals surface area contributed by atoms with E-state index in [1.54, 1.807) is 16.7 Å². The first-order chi connectivity index (χ1) is 14.0. The second kappa shape index (κ2) is 8.02. The number of fused-ring (bicyclic) bond motifs is 1. The molecular weight excluding hydrogens is 388 g/mol. The smallest absolute Gasteiger partial charge is 0.274 e. The summed E-state index contributed by atoms with van der Waals surface area (Å²) in [6.45, 7) is 6.03. The number of aryl methyl sites for hydroxylation is 2. The summed E-state index contributed by atoms with van der Waals surface area (Å²) in [5.41, 5.74) is 3.79. The number of benzene rings is 1. The Balaban J connectivity index is 1.45. The van der Waals surface area contributed by atoms with Crippen LogP contribution in [0.15, 0.2) is 34.4 Å². The van der Waals surface area contributed by atoms with Crippen LogP contribution in [0.3, 0.4) is 0 Å². The Hall–Kier alpha value is -2.61. The number of nitrogens with zero attached hydrogens (tertiary/aromatic N) is 3. The van der Waals surface area contributed by atoms with Gasteiger partial charge in [0.15, 0.2) is 5.82 Å². The van der Waals surface area contributed by atoms with Gasteiger partial charge in [-0.15, -0.1) is 11.8 Å². The van der Waals surface area contributed by atoms with E-state index < -0.39 is 6.04 Å². The molecule has 4 rings (SSSR count). The van der Waals surface area contributed by atoms with Crippen LogP contribution < -0.4 is 5.32 Å². The van der Waals surface area contributed by atoms with E-state index in [4.69, 9.17) is 4.52 Å². The number of thioether (sulfide) groups is 1. The largest absolute Gasteiger partial charge is 0.341 e. The summed E-state index contributed by atoms with van der Waals surface area (Å²) in [7, 11) is 0. The Morgan fingerprint density at radius 2 is 2.07 bits per heavy atom. The first-order valence-electron chi connectivity index (χ1n) is 9.80. The molecule has 1 N–H and O–H groups in total. The molecule has 1 fully saturated rings. The summed E-state index contributed by atoms with van der Waals surface area (Å²) in [6, 6.07) is 7.30. The molecule has 0 spiro atoms. The van der Waals surface area contributed by atoms with Gasteiger partial charge in [0.25, 0.3) is 11.8 Å². The van der Waals surface area contributed by atoms with Gasteiger partial charge in [-0.3, -0.25) is 14.5 Å². The second-order valence-electron chi connectivity index (χ2n) is 7.51. The van der Waals surface area contributed by atoms with E-state index in [0.717, 1.165) is 35.3 Å². The van der Waals surface area contributed by atoms with Gasteiger partial charge in [-0.2, -0.15) is 4.98 Å². The van der Waals surface area contributed by atoms with Gasteiger partial charge in [0, 0.05) is 12.2 Å². The Bertz CT molecular complexity index is 967. The maximum atomic E-state index is 12.9. The monoisotopic (exact) mass is 412 g/mol. The lowest BCUT2D eigenvalue weighted by Crippen LogP contribution is -2.69. The predicted molar refractivity (Wildman–Crippen MR) is 111 cm³/mol. The van der Waals surface area contributed by atoms with Crippen LogP contribution in [0, 0.1) is 6.92 Å². The van der Waals surface area contributed by atoms with Gasteiger partial charge in [0.05, 0.1) is 6.42 Å². The van der Waals surface area contributed by atoms with Crippen molar-refractivity contribution < 1.29 is 14.1 Å². The van der Waals surface area contributed by atoms with E-state index in [2.05, 4.69) is 22.4 Å². The number of hydrogen-bond donors (Lipinski definition) is 1. The van der Waals surface area contributed by atoms with E-state index in [9.17, 15) is 9.59 Å². The minimum atomic E-state index is -0.529. The molecule has 7 nitrogen and oxygen atoms in total. The molecule has 2 aliphatic heterocycles. The number of nitrogens with one attached hydrogen (secondary N) is 1. The third kappa shape index (κ3) is 3.81. The van der Waals surface area contributed by atoms with Gasteiger partial charge in [0.1, 0.15) is 17.1 Å². The highest BCUT2D eigenvalue weighted by molar-refractivity contribution is 8.00. The van der Waals surface area contributed by atoms with E-state index >= 15 is 0 Å². The molecule has 2 atom stereocenters. The first-order valence-corrected chi connectivity index (χ1v) is 10.8. The lowest BCUT2D eigenvalue weighted by Gasteiger charge is -2.49. The summed E-state index contributed by atoms with van der Waals surface area (Å²) >= 11 is 1.64. The summed E-state index contributed by atoms with van der Waals surface area (Å²) in [5, 5.41) is 6.76. The minimum absolute atomic E-state index is 0.135. The molecule has 1 aromatic heterocycles. The zero-order valence-corrected chi connectivity index (χ0v) is 17.6. The van der Waals surface area contributed by atoms with Crippen LogP contribution in [-0.4, -0.2) is 44.0 Å². The van der Waals surface area contributed by atoms with Crippen molar-refractivity contribution >= 4 is 29.3 Å². The van der Waals surface area contributed by atoms with Crippen molar-refractivity contribution in [2.45, 2.75) is 51.4 Å². The van der Waals surface area contributed by atoms with E-state index in [1.807, 2.05) is 38.1 Å². The molecular formula is C21H24N4O3S. The van der Waals surface area contributed by atoms with Crippen molar-refractivity contribution in [1.29, 1.82) is 0 Å². The van der Waals surface area contributed by atoms with Crippen LogP contribution in [0.1, 0.15) is 43.1 Å². The molecule has 152 valence electrons. The third-order valence-corrected chi connectivity index (χ3v) is 6.53. The first kappa shape index (κ1) is 19.7. The highest BCUT2D eigenvalue weighted by Gasteiger charge is 2.53. The predicted octanol–water partition coefficient (Wildman–Crippen LogP) is 2.70. The van der Waals surface area contributed by atoms with Crippen molar-refractivity contribution in [3.05, 3.63) is 52.7 Å². The average molecular weight is 413 g/mol. The molecule has 1 saturated heterocycles. The average Bonchev–Trinajstić information content (AvgIpc) is 3.16. The fourth-order valence-corrected chi connectivity index (χ4v) is 4.86. The SMILES string of the molecule is CCCc1noc(C2=C(C)CSC3C(NC(=O)Cc4ccc(C)cc4)C(=O)N23)n1. The number of carbonyl (C=O) groups excluding carboxylic acids is 2. The number of β-lactam (4-membered cyclic amide) rings is 1. The van der Waals surface area contributed by atoms with E-state index in [1.165, 1.54) is 0 Å². The zero-order chi connectivity index (χ0) is 20.5. The Labute approximate surface area is 173 Å². The number of amides is 2. The van der Waals surface area contributed by atoms with Crippen molar-refractivity contribution in [2.24, 2.45) is 0 Å². The topological polar surface area (TPSA) is 88.3 Å². The van der Waals surface area contributed by atoms with Crippen molar-refractivity contribution in [1.82, 2.24) is 20.4 Å². The molecule has 0 aliphatic carbocycles. The molecule has 2 amide bonds. The maximum absolute atomic E-state index is 12.9. The number of rotatable bonds is 6. The summed E-state index contributed by atoms with van der Waals surface area (Å²) < 4.78 is 5.42. The zero-order valence-electron chi connectivity index (χ0n) is 16.8. The van der Waals surface area contributed by atoms with Crippen LogP contribution in [0.4, 0.5) is 0 Å². The van der Waals surface area contributed by atoms with Gasteiger partial charge < -0.3 is 9.84 Å². The molecule has 0 saturated carbocycles. The van der Waals surface area contributed by atoms with Gasteiger partial charge in [-0.25, -0.2) is 0 Å². The highest BCUT2D eigenvalue weighted by Crippen LogP contribution is 2.43. The molecule has 29 heavy (non-hydrogen) atoms. The molecule has 2 aliphatic rings. The lowest BCUT2D eigenvalue weighted by molar-refractivity contribution is -0.143. The van der Waals surface area contributed by atoms with Gasteiger partial charge in [0.2, 0.25) is 5.91 Å².